The molecule has 1 saturated heterocycles. The quantitative estimate of drug-likeness (QED) is 0.440. The van der Waals surface area contributed by atoms with Gasteiger partial charge < -0.3 is 21.1 Å². The lowest BCUT2D eigenvalue weighted by Gasteiger charge is -2.27. The highest BCUT2D eigenvalue weighted by Crippen LogP contribution is 2.35. The molecule has 1 unspecified atom stereocenters. The molecule has 0 radical (unpaired) electrons. The van der Waals surface area contributed by atoms with Crippen molar-refractivity contribution in [2.75, 3.05) is 26.2 Å². The van der Waals surface area contributed by atoms with Gasteiger partial charge in [-0.25, -0.2) is 0 Å². The fraction of sp³-hybridized carbons (Fsp3) is 0.480. The lowest BCUT2D eigenvalue weighted by Crippen LogP contribution is -2.45. The van der Waals surface area contributed by atoms with Crippen LogP contribution in [0.1, 0.15) is 44.1 Å². The van der Waals surface area contributed by atoms with Gasteiger partial charge in [0.25, 0.3) is 0 Å². The van der Waals surface area contributed by atoms with Gasteiger partial charge in [-0.2, -0.15) is 0 Å². The van der Waals surface area contributed by atoms with Crippen molar-refractivity contribution in [1.29, 1.82) is 0 Å². The first kappa shape index (κ1) is 23.7. The Kier molecular flexibility index (Phi) is 8.22. The fourth-order valence-electron chi connectivity index (χ4n) is 4.51. The molecule has 1 atom stereocenters. The third-order valence-electron chi connectivity index (χ3n) is 6.35. The highest BCUT2D eigenvalue weighted by molar-refractivity contribution is 5.90. The van der Waals surface area contributed by atoms with Gasteiger partial charge in [0.1, 0.15) is 0 Å². The second-order valence-electron chi connectivity index (χ2n) is 8.66. The number of carbonyl (C=O) groups is 3. The topological polar surface area (TPSA) is 113 Å². The molecular formula is C25H33N3O4. The number of hydrogen-bond acceptors (Lipinski definition) is 4. The molecule has 0 spiro atoms. The van der Waals surface area contributed by atoms with E-state index in [0.717, 1.165) is 30.2 Å². The van der Waals surface area contributed by atoms with Crippen LogP contribution < -0.4 is 11.1 Å². The number of carboxylic acids is 1. The molecule has 4 N–H and O–H groups in total. The number of aliphatic carboxylic acids is 1. The lowest BCUT2D eigenvalue weighted by molar-refractivity contribution is -0.147. The number of carbonyl (C=O) groups excluding carboxylic acids is 2. The van der Waals surface area contributed by atoms with Crippen molar-refractivity contribution in [3.8, 4) is 0 Å². The van der Waals surface area contributed by atoms with E-state index in [1.54, 1.807) is 4.90 Å². The van der Waals surface area contributed by atoms with Gasteiger partial charge >= 0.3 is 5.97 Å². The van der Waals surface area contributed by atoms with Crippen LogP contribution in [0.5, 0.6) is 0 Å². The number of hydrogen-bond donors (Lipinski definition) is 3. The highest BCUT2D eigenvalue weighted by Gasteiger charge is 2.48. The van der Waals surface area contributed by atoms with E-state index >= 15 is 0 Å². The van der Waals surface area contributed by atoms with Crippen LogP contribution in [0.15, 0.2) is 42.5 Å². The molecule has 1 aliphatic rings. The van der Waals surface area contributed by atoms with Gasteiger partial charge in [0, 0.05) is 26.1 Å². The fourth-order valence-corrected chi connectivity index (χ4v) is 4.51. The van der Waals surface area contributed by atoms with E-state index in [1.165, 1.54) is 5.39 Å². The predicted octanol–water partition coefficient (Wildman–Crippen LogP) is 2.71. The summed E-state index contributed by atoms with van der Waals surface area (Å²) in [5.74, 6) is -1.34. The van der Waals surface area contributed by atoms with E-state index in [1.807, 2.05) is 18.2 Å². The predicted molar refractivity (Wildman–Crippen MR) is 124 cm³/mol. The standard InChI is InChI=1S/C25H33N3O4/c26-14-5-1-2-11-22(29)27-18-25(17-23(30)31)13-16-28(24(25)32)15-12-20-9-6-8-19-7-3-4-10-21(19)20/h3-4,6-10H,1-2,5,11-18,26H2,(H,27,29)(H,30,31). The molecule has 1 aliphatic heterocycles. The van der Waals surface area contributed by atoms with Crippen LogP contribution in [0.25, 0.3) is 10.8 Å². The SMILES string of the molecule is NCCCCCC(=O)NCC1(CC(=O)O)CCN(CCc2cccc3ccccc23)C1=O. The Morgan fingerprint density at radius 2 is 1.88 bits per heavy atom. The van der Waals surface area contributed by atoms with Crippen molar-refractivity contribution in [3.05, 3.63) is 48.0 Å². The molecule has 7 heteroatoms. The van der Waals surface area contributed by atoms with Crippen LogP contribution in [0.2, 0.25) is 0 Å². The zero-order valence-electron chi connectivity index (χ0n) is 18.5. The Labute approximate surface area is 189 Å². The molecular weight excluding hydrogens is 406 g/mol. The molecule has 32 heavy (non-hydrogen) atoms. The first-order chi connectivity index (χ1) is 15.4. The van der Waals surface area contributed by atoms with Gasteiger partial charge in [0.2, 0.25) is 11.8 Å². The molecule has 3 rings (SSSR count). The van der Waals surface area contributed by atoms with E-state index in [9.17, 15) is 19.5 Å². The second kappa shape index (κ2) is 11.1. The van der Waals surface area contributed by atoms with Crippen LogP contribution >= 0.6 is 0 Å². The number of nitrogens with two attached hydrogens (primary N) is 1. The summed E-state index contributed by atoms with van der Waals surface area (Å²) in [6.07, 6.45) is 3.71. The summed E-state index contributed by atoms with van der Waals surface area (Å²) in [6, 6.07) is 14.3. The number of amides is 2. The lowest BCUT2D eigenvalue weighted by atomic mass is 9.82. The molecule has 2 amide bonds. The van der Waals surface area contributed by atoms with Gasteiger partial charge in [-0.05, 0) is 48.6 Å². The Morgan fingerprint density at radius 3 is 2.66 bits per heavy atom. The van der Waals surface area contributed by atoms with Gasteiger partial charge in [0.15, 0.2) is 0 Å². The van der Waals surface area contributed by atoms with E-state index < -0.39 is 11.4 Å². The van der Waals surface area contributed by atoms with Crippen LogP contribution in [0.3, 0.4) is 0 Å². The minimum Gasteiger partial charge on any atom is -0.481 e. The number of unbranched alkanes of at least 4 members (excludes halogenated alkanes) is 2. The van der Waals surface area contributed by atoms with Gasteiger partial charge in [0.05, 0.1) is 11.8 Å². The average molecular weight is 440 g/mol. The van der Waals surface area contributed by atoms with Crippen molar-refractivity contribution in [1.82, 2.24) is 10.2 Å². The summed E-state index contributed by atoms with van der Waals surface area (Å²) in [7, 11) is 0. The van der Waals surface area contributed by atoms with E-state index in [4.69, 9.17) is 5.73 Å². The maximum Gasteiger partial charge on any atom is 0.304 e. The molecule has 0 aliphatic carbocycles. The molecule has 0 bridgehead atoms. The number of benzene rings is 2. The van der Waals surface area contributed by atoms with Gasteiger partial charge in [-0.15, -0.1) is 0 Å². The normalized spacial score (nSPS) is 18.3. The third kappa shape index (κ3) is 5.85. The number of rotatable bonds is 12. The summed E-state index contributed by atoms with van der Waals surface area (Å²) in [5, 5.41) is 14.6. The third-order valence-corrected chi connectivity index (χ3v) is 6.35. The largest absolute Gasteiger partial charge is 0.481 e. The molecule has 7 nitrogen and oxygen atoms in total. The molecule has 0 saturated carbocycles. The number of likely N-dealkylation sites (tertiary alicyclic amines) is 1. The zero-order valence-corrected chi connectivity index (χ0v) is 18.5. The Morgan fingerprint density at radius 1 is 1.09 bits per heavy atom. The average Bonchev–Trinajstić information content (AvgIpc) is 3.08. The van der Waals surface area contributed by atoms with Crippen LogP contribution in [0, 0.1) is 5.41 Å². The number of nitrogens with zero attached hydrogens (tertiary/aromatic N) is 1. The van der Waals surface area contributed by atoms with E-state index in [0.29, 0.717) is 38.9 Å². The monoisotopic (exact) mass is 439 g/mol. The summed E-state index contributed by atoms with van der Waals surface area (Å²) in [4.78, 5) is 38.7. The van der Waals surface area contributed by atoms with Crippen molar-refractivity contribution in [2.45, 2.75) is 44.9 Å². The smallest absolute Gasteiger partial charge is 0.304 e. The van der Waals surface area contributed by atoms with Gasteiger partial charge in [-0.1, -0.05) is 48.9 Å². The maximum atomic E-state index is 13.3. The van der Waals surface area contributed by atoms with E-state index in [-0.39, 0.29) is 24.8 Å². The van der Waals surface area contributed by atoms with Crippen LogP contribution in [-0.2, 0) is 20.8 Å². The summed E-state index contributed by atoms with van der Waals surface area (Å²) < 4.78 is 0. The highest BCUT2D eigenvalue weighted by atomic mass is 16.4. The molecule has 2 aromatic carbocycles. The number of carboxylic acid groups (broad SMARTS) is 1. The van der Waals surface area contributed by atoms with Crippen molar-refractivity contribution >= 4 is 28.6 Å². The van der Waals surface area contributed by atoms with Crippen molar-refractivity contribution in [3.63, 3.8) is 0 Å². The van der Waals surface area contributed by atoms with Crippen molar-refractivity contribution < 1.29 is 19.5 Å². The van der Waals surface area contributed by atoms with Crippen molar-refractivity contribution in [2.24, 2.45) is 11.1 Å². The Bertz CT molecular complexity index is 956. The molecule has 2 aromatic rings. The van der Waals surface area contributed by atoms with E-state index in [2.05, 4.69) is 29.6 Å². The molecule has 1 heterocycles. The molecule has 0 aromatic heterocycles. The Balaban J connectivity index is 1.61. The summed E-state index contributed by atoms with van der Waals surface area (Å²) in [6.45, 7) is 1.70. The summed E-state index contributed by atoms with van der Waals surface area (Å²) >= 11 is 0. The minimum absolute atomic E-state index is 0.0681. The summed E-state index contributed by atoms with van der Waals surface area (Å²) in [5.41, 5.74) is 5.56. The molecule has 172 valence electrons. The van der Waals surface area contributed by atoms with Gasteiger partial charge in [-0.3, -0.25) is 14.4 Å². The zero-order chi connectivity index (χ0) is 23.0. The van der Waals surface area contributed by atoms with Crippen LogP contribution in [-0.4, -0.2) is 54.0 Å². The second-order valence-corrected chi connectivity index (χ2v) is 8.66. The number of fused-ring (bicyclic) bond motifs is 1. The van der Waals surface area contributed by atoms with Crippen LogP contribution in [0.4, 0.5) is 0 Å². The minimum atomic E-state index is -1.07. The Hall–Kier alpha value is -2.93. The first-order valence-corrected chi connectivity index (χ1v) is 11.4. The number of nitrogens with one attached hydrogen (secondary N) is 1. The molecule has 1 fully saturated rings. The maximum absolute atomic E-state index is 13.3. The first-order valence-electron chi connectivity index (χ1n) is 11.4.